The van der Waals surface area contributed by atoms with Crippen LogP contribution in [0.4, 0.5) is 0 Å². The molecule has 0 aliphatic heterocycles. The molecule has 0 spiro atoms. The minimum absolute atomic E-state index is 1.18. The number of hydrogen-bond acceptors (Lipinski definition) is 1. The smallest absolute Gasteiger partial charge is 0.0273 e. The van der Waals surface area contributed by atoms with Crippen LogP contribution in [0, 0.1) is 6.07 Å². The van der Waals surface area contributed by atoms with Crippen molar-refractivity contribution >= 4 is 0 Å². The maximum atomic E-state index is 4.07. The lowest BCUT2D eigenvalue weighted by Gasteiger charge is -2.09. The topological polar surface area (TPSA) is 12.9 Å². The van der Waals surface area contributed by atoms with Crippen molar-refractivity contribution in [3.05, 3.63) is 79.1 Å². The fourth-order valence-corrected chi connectivity index (χ4v) is 2.08. The van der Waals surface area contributed by atoms with Crippen LogP contribution in [-0.4, -0.2) is 4.98 Å². The van der Waals surface area contributed by atoms with Crippen LogP contribution in [-0.2, 0) is 0 Å². The summed E-state index contributed by atoms with van der Waals surface area (Å²) in [7, 11) is 0. The number of benzene rings is 2. The Kier molecular flexibility index (Phi) is 2.89. The van der Waals surface area contributed by atoms with Gasteiger partial charge in [0.05, 0.1) is 0 Å². The number of hydrogen-bond donors (Lipinski definition) is 0. The Labute approximate surface area is 107 Å². The van der Waals surface area contributed by atoms with Gasteiger partial charge in [0.25, 0.3) is 0 Å². The van der Waals surface area contributed by atoms with E-state index in [9.17, 15) is 0 Å². The van der Waals surface area contributed by atoms with Gasteiger partial charge in [0.15, 0.2) is 0 Å². The van der Waals surface area contributed by atoms with Crippen LogP contribution >= 0.6 is 0 Å². The number of aromatic nitrogens is 1. The van der Waals surface area contributed by atoms with E-state index in [4.69, 9.17) is 0 Å². The van der Waals surface area contributed by atoms with Crippen LogP contribution in [0.1, 0.15) is 0 Å². The molecule has 0 bridgehead atoms. The Morgan fingerprint density at radius 3 is 2.11 bits per heavy atom. The number of nitrogens with zero attached hydrogens (tertiary/aromatic N) is 1. The van der Waals surface area contributed by atoms with E-state index in [0.717, 1.165) is 0 Å². The maximum Gasteiger partial charge on any atom is 0.0273 e. The molecule has 1 aromatic heterocycles. The zero-order valence-corrected chi connectivity index (χ0v) is 9.88. The van der Waals surface area contributed by atoms with Crippen molar-refractivity contribution in [2.75, 3.05) is 0 Å². The first kappa shape index (κ1) is 10.7. The van der Waals surface area contributed by atoms with Gasteiger partial charge in [0, 0.05) is 12.4 Å². The Morgan fingerprint density at radius 1 is 0.722 bits per heavy atom. The molecule has 0 N–H and O–H groups in total. The van der Waals surface area contributed by atoms with Crippen LogP contribution in [0.15, 0.2) is 73.1 Å². The highest BCUT2D eigenvalue weighted by molar-refractivity contribution is 5.83. The Balaban J connectivity index is 2.18. The van der Waals surface area contributed by atoms with Crippen LogP contribution in [0.25, 0.3) is 22.3 Å². The molecule has 2 aromatic carbocycles. The summed E-state index contributed by atoms with van der Waals surface area (Å²) < 4.78 is 0. The first-order valence-electron chi connectivity index (χ1n) is 5.91. The van der Waals surface area contributed by atoms with Crippen LogP contribution in [0.2, 0.25) is 0 Å². The second-order valence-corrected chi connectivity index (χ2v) is 4.07. The van der Waals surface area contributed by atoms with E-state index in [1.165, 1.54) is 22.3 Å². The Hall–Kier alpha value is -2.41. The first-order valence-corrected chi connectivity index (χ1v) is 5.91. The molecule has 0 fully saturated rings. The van der Waals surface area contributed by atoms with E-state index in [2.05, 4.69) is 41.4 Å². The lowest BCUT2D eigenvalue weighted by Crippen LogP contribution is -1.84. The molecule has 0 aliphatic carbocycles. The SMILES string of the molecule is [c]1cccc(-c2ccccc2-c2ccncc2)c1. The molecule has 3 aromatic rings. The third-order valence-corrected chi connectivity index (χ3v) is 2.94. The molecule has 1 heterocycles. The molecule has 1 radical (unpaired) electrons. The van der Waals surface area contributed by atoms with Gasteiger partial charge < -0.3 is 0 Å². The highest BCUT2D eigenvalue weighted by Gasteiger charge is 2.05. The summed E-state index contributed by atoms with van der Waals surface area (Å²) >= 11 is 0. The monoisotopic (exact) mass is 230 g/mol. The zero-order valence-electron chi connectivity index (χ0n) is 9.88. The minimum Gasteiger partial charge on any atom is -0.265 e. The minimum atomic E-state index is 1.18. The van der Waals surface area contributed by atoms with Gasteiger partial charge in [-0.2, -0.15) is 0 Å². The van der Waals surface area contributed by atoms with Crippen LogP contribution in [0.3, 0.4) is 0 Å². The summed E-state index contributed by atoms with van der Waals surface area (Å²) in [5.41, 5.74) is 4.81. The van der Waals surface area contributed by atoms with Crippen molar-refractivity contribution in [1.82, 2.24) is 4.98 Å². The third kappa shape index (κ3) is 2.03. The average Bonchev–Trinajstić information content (AvgIpc) is 2.49. The summed E-state index contributed by atoms with van der Waals surface area (Å²) in [4.78, 5) is 4.07. The predicted molar refractivity (Wildman–Crippen MR) is 73.9 cm³/mol. The molecule has 0 aliphatic rings. The second-order valence-electron chi connectivity index (χ2n) is 4.07. The molecule has 3 rings (SSSR count). The van der Waals surface area contributed by atoms with Crippen LogP contribution in [0.5, 0.6) is 0 Å². The van der Waals surface area contributed by atoms with Gasteiger partial charge >= 0.3 is 0 Å². The fraction of sp³-hybridized carbons (Fsp3) is 0. The number of pyridine rings is 1. The Morgan fingerprint density at radius 2 is 1.44 bits per heavy atom. The van der Waals surface area contributed by atoms with E-state index >= 15 is 0 Å². The van der Waals surface area contributed by atoms with Gasteiger partial charge in [-0.3, -0.25) is 4.98 Å². The van der Waals surface area contributed by atoms with Gasteiger partial charge in [-0.1, -0.05) is 42.5 Å². The molecule has 0 saturated carbocycles. The van der Waals surface area contributed by atoms with Crippen molar-refractivity contribution in [2.45, 2.75) is 0 Å². The summed E-state index contributed by atoms with van der Waals surface area (Å²) in [6.45, 7) is 0. The van der Waals surface area contributed by atoms with Crippen molar-refractivity contribution in [1.29, 1.82) is 0 Å². The molecule has 0 atom stereocenters. The summed E-state index contributed by atoms with van der Waals surface area (Å²) in [6, 6.07) is 23.6. The predicted octanol–water partition coefficient (Wildman–Crippen LogP) is 4.22. The molecule has 1 nitrogen and oxygen atoms in total. The van der Waals surface area contributed by atoms with Gasteiger partial charge in [-0.25, -0.2) is 0 Å². The molecular weight excluding hydrogens is 218 g/mol. The van der Waals surface area contributed by atoms with Crippen molar-refractivity contribution < 1.29 is 0 Å². The lowest BCUT2D eigenvalue weighted by molar-refractivity contribution is 1.33. The highest BCUT2D eigenvalue weighted by Crippen LogP contribution is 2.31. The maximum absolute atomic E-state index is 4.07. The Bertz CT molecular complexity index is 572. The molecule has 1 heteroatoms. The van der Waals surface area contributed by atoms with E-state index in [0.29, 0.717) is 0 Å². The van der Waals surface area contributed by atoms with E-state index in [1.807, 2.05) is 42.7 Å². The standard InChI is InChI=1S/C17H12N/c1-2-6-14(7-3-1)16-8-4-5-9-17(16)15-10-12-18-13-11-15/h1-2,4-13H. The second kappa shape index (κ2) is 4.84. The lowest BCUT2D eigenvalue weighted by atomic mass is 9.95. The largest absolute Gasteiger partial charge is 0.265 e. The zero-order chi connectivity index (χ0) is 12.2. The molecular formula is C17H12N. The van der Waals surface area contributed by atoms with E-state index in [-0.39, 0.29) is 0 Å². The van der Waals surface area contributed by atoms with Gasteiger partial charge in [-0.05, 0) is 46.5 Å². The quantitative estimate of drug-likeness (QED) is 0.642. The van der Waals surface area contributed by atoms with Crippen LogP contribution < -0.4 is 0 Å². The normalized spacial score (nSPS) is 10.2. The molecule has 85 valence electrons. The first-order chi connectivity index (χ1) is 8.95. The average molecular weight is 230 g/mol. The van der Waals surface area contributed by atoms with E-state index in [1.54, 1.807) is 0 Å². The van der Waals surface area contributed by atoms with Gasteiger partial charge in [0.1, 0.15) is 0 Å². The van der Waals surface area contributed by atoms with Crippen molar-refractivity contribution in [2.24, 2.45) is 0 Å². The van der Waals surface area contributed by atoms with E-state index < -0.39 is 0 Å². The molecule has 0 amide bonds. The molecule has 18 heavy (non-hydrogen) atoms. The summed E-state index contributed by atoms with van der Waals surface area (Å²) in [5.74, 6) is 0. The fourth-order valence-electron chi connectivity index (χ4n) is 2.08. The van der Waals surface area contributed by atoms with Crippen molar-refractivity contribution in [3.63, 3.8) is 0 Å². The summed E-state index contributed by atoms with van der Waals surface area (Å²) in [5, 5.41) is 0. The van der Waals surface area contributed by atoms with Gasteiger partial charge in [0.2, 0.25) is 0 Å². The molecule has 0 unspecified atom stereocenters. The highest BCUT2D eigenvalue weighted by atomic mass is 14.6. The van der Waals surface area contributed by atoms with Crippen molar-refractivity contribution in [3.8, 4) is 22.3 Å². The summed E-state index contributed by atoms with van der Waals surface area (Å²) in [6.07, 6.45) is 3.65. The third-order valence-electron chi connectivity index (χ3n) is 2.94. The van der Waals surface area contributed by atoms with Gasteiger partial charge in [-0.15, -0.1) is 0 Å². The number of rotatable bonds is 2. The molecule has 0 saturated heterocycles.